The molecule has 5 aliphatic rings. The van der Waals surface area contributed by atoms with Crippen LogP contribution in [-0.2, 0) is 31.9 Å². The lowest BCUT2D eigenvalue weighted by Crippen LogP contribution is -2.57. The summed E-state index contributed by atoms with van der Waals surface area (Å²) in [5.41, 5.74) is 2.20. The van der Waals surface area contributed by atoms with Gasteiger partial charge in [-0.05, 0) is 103 Å². The first kappa shape index (κ1) is 44.3. The minimum absolute atomic E-state index is 0.109. The van der Waals surface area contributed by atoms with Crippen LogP contribution in [0.25, 0.3) is 15.6 Å². The number of aliphatic hydroxyl groups is 1. The van der Waals surface area contributed by atoms with Crippen molar-refractivity contribution in [2.24, 2.45) is 0 Å². The molecule has 2 amide bonds. The Labute approximate surface area is 350 Å². The fourth-order valence-electron chi connectivity index (χ4n) is 7.73. The molecule has 12 nitrogen and oxygen atoms in total. The number of benzene rings is 3. The van der Waals surface area contributed by atoms with E-state index in [0.29, 0.717) is 12.2 Å². The van der Waals surface area contributed by atoms with Crippen molar-refractivity contribution in [3.05, 3.63) is 89.3 Å². The van der Waals surface area contributed by atoms with E-state index in [1.165, 1.54) is 16.3 Å². The van der Waals surface area contributed by atoms with Gasteiger partial charge >= 0.3 is 12.2 Å². The summed E-state index contributed by atoms with van der Waals surface area (Å²) >= 11 is 0. The first-order chi connectivity index (χ1) is 27.9. The molecule has 59 heavy (non-hydrogen) atoms. The number of nitrogens with one attached hydrogen (secondary N) is 1. The monoisotopic (exact) mass is 811 g/mol. The van der Waals surface area contributed by atoms with Crippen LogP contribution in [0.1, 0.15) is 85.8 Å². The topological polar surface area (TPSA) is 124 Å². The van der Waals surface area contributed by atoms with Gasteiger partial charge in [0, 0.05) is 44.3 Å². The van der Waals surface area contributed by atoms with Gasteiger partial charge in [-0.25, -0.2) is 14.4 Å². The Morgan fingerprint density at radius 3 is 1.83 bits per heavy atom. The van der Waals surface area contributed by atoms with E-state index < -0.39 is 17.3 Å². The Morgan fingerprint density at radius 2 is 1.36 bits per heavy atom. The Hall–Kier alpha value is -4.25. The molecule has 5 saturated heterocycles. The van der Waals surface area contributed by atoms with Crippen LogP contribution in [0.15, 0.2) is 66.7 Å². The summed E-state index contributed by atoms with van der Waals surface area (Å²) < 4.78 is 20.9. The molecule has 0 spiro atoms. The third kappa shape index (κ3) is 12.9. The maximum absolute atomic E-state index is 11.6. The largest absolute Gasteiger partial charge is 0.444 e. The summed E-state index contributed by atoms with van der Waals surface area (Å²) in [4.78, 5) is 32.6. The molecule has 5 aliphatic heterocycles. The number of epoxide rings is 2. The zero-order valence-corrected chi connectivity index (χ0v) is 36.3. The first-order valence-corrected chi connectivity index (χ1v) is 21.2. The Morgan fingerprint density at radius 1 is 0.780 bits per heavy atom. The van der Waals surface area contributed by atoms with Crippen LogP contribution >= 0.6 is 0 Å². The minimum atomic E-state index is -0.409. The molecule has 0 radical (unpaired) electrons. The van der Waals surface area contributed by atoms with Gasteiger partial charge in [-0.15, -0.1) is 0 Å². The smallest absolute Gasteiger partial charge is 0.410 e. The molecule has 3 aromatic rings. The second kappa shape index (κ2) is 18.6. The van der Waals surface area contributed by atoms with E-state index in [9.17, 15) is 14.7 Å². The van der Waals surface area contributed by atoms with Gasteiger partial charge in [-0.2, -0.15) is 0 Å². The fourth-order valence-corrected chi connectivity index (χ4v) is 7.73. The van der Waals surface area contributed by atoms with Crippen molar-refractivity contribution in [2.75, 3.05) is 39.4 Å². The third-order valence-corrected chi connectivity index (χ3v) is 11.3. The molecule has 0 bridgehead atoms. The summed E-state index contributed by atoms with van der Waals surface area (Å²) in [5, 5.41) is 17.0. The number of amides is 2. The van der Waals surface area contributed by atoms with Gasteiger partial charge in [-0.1, -0.05) is 66.7 Å². The van der Waals surface area contributed by atoms with Gasteiger partial charge in [-0.3, -0.25) is 4.90 Å². The van der Waals surface area contributed by atoms with Gasteiger partial charge in [0.05, 0.1) is 38.0 Å². The van der Waals surface area contributed by atoms with Crippen LogP contribution in [0.2, 0.25) is 0 Å². The van der Waals surface area contributed by atoms with E-state index in [1.54, 1.807) is 9.80 Å². The molecule has 5 heterocycles. The molecule has 320 valence electrons. The second-order valence-corrected chi connectivity index (χ2v) is 19.1. The summed E-state index contributed by atoms with van der Waals surface area (Å²) in [6.45, 7) is 28.4. The molecule has 12 heteroatoms. The van der Waals surface area contributed by atoms with Crippen LogP contribution in [0.4, 0.5) is 15.3 Å². The molecule has 5 fully saturated rings. The zero-order valence-electron chi connectivity index (χ0n) is 36.3. The summed E-state index contributed by atoms with van der Waals surface area (Å²) in [6, 6.07) is 23.6. The number of hydrogen-bond acceptors (Lipinski definition) is 9. The summed E-state index contributed by atoms with van der Waals surface area (Å²) in [5.74, 6) is 0. The Kier molecular flexibility index (Phi) is 13.9. The molecule has 8 rings (SSSR count). The number of aliphatic hydroxyl groups excluding tert-OH is 1. The molecule has 0 aliphatic carbocycles. The molecular weight excluding hydrogens is 747 g/mol. The number of likely N-dealkylation sites (tertiary alicyclic amines) is 3. The molecular formula is C47H65N5O7. The number of fused-ring (bicyclic) bond motifs is 1. The first-order valence-electron chi connectivity index (χ1n) is 21.2. The number of carbonyl (C=O) groups is 2. The number of nitrogens with zero attached hydrogens (tertiary/aromatic N) is 4. The Balaban J connectivity index is 0.000000172. The van der Waals surface area contributed by atoms with E-state index in [4.69, 9.17) is 25.5 Å². The van der Waals surface area contributed by atoms with E-state index >= 15 is 0 Å². The fraction of sp³-hybridized carbons (Fsp3) is 0.596. The lowest BCUT2D eigenvalue weighted by Gasteiger charge is -2.44. The molecule has 0 unspecified atom stereocenters. The van der Waals surface area contributed by atoms with Crippen LogP contribution < -0.4 is 5.32 Å². The highest BCUT2D eigenvalue weighted by molar-refractivity contribution is 5.83. The van der Waals surface area contributed by atoms with Gasteiger partial charge in [0.2, 0.25) is 0 Å². The van der Waals surface area contributed by atoms with Crippen molar-refractivity contribution in [3.8, 4) is 0 Å². The maximum Gasteiger partial charge on any atom is 0.410 e. The average molecular weight is 812 g/mol. The van der Waals surface area contributed by atoms with Crippen molar-refractivity contribution >= 4 is 28.6 Å². The Bertz CT molecular complexity index is 1890. The summed E-state index contributed by atoms with van der Waals surface area (Å²) in [6.07, 6.45) is 3.74. The predicted octanol–water partition coefficient (Wildman–Crippen LogP) is 7.73. The van der Waals surface area contributed by atoms with Gasteiger partial charge in [0.1, 0.15) is 23.4 Å². The summed E-state index contributed by atoms with van der Waals surface area (Å²) in [7, 11) is 0. The number of β-amino-alcohol motifs (C(OH)–C–C–N with tert-alkyl or cyclic N) is 1. The van der Waals surface area contributed by atoms with Gasteiger partial charge in [0.25, 0.3) is 0 Å². The maximum atomic E-state index is 11.6. The highest BCUT2D eigenvalue weighted by atomic mass is 16.6. The highest BCUT2D eigenvalue weighted by Crippen LogP contribution is 2.32. The predicted molar refractivity (Wildman–Crippen MR) is 229 cm³/mol. The van der Waals surface area contributed by atoms with Crippen molar-refractivity contribution in [2.45, 2.75) is 141 Å². The third-order valence-electron chi connectivity index (χ3n) is 11.3. The van der Waals surface area contributed by atoms with Crippen molar-refractivity contribution in [3.63, 3.8) is 0 Å². The second-order valence-electron chi connectivity index (χ2n) is 19.1. The quantitative estimate of drug-likeness (QED) is 0.157. The van der Waals surface area contributed by atoms with E-state index in [-0.39, 0.29) is 48.1 Å². The number of rotatable bonds is 10. The number of carbonyl (C=O) groups excluding carboxylic acids is 2. The van der Waals surface area contributed by atoms with Gasteiger partial charge < -0.3 is 39.2 Å². The highest BCUT2D eigenvalue weighted by Gasteiger charge is 2.46. The number of ether oxygens (including phenoxy) is 4. The minimum Gasteiger partial charge on any atom is -0.444 e. The van der Waals surface area contributed by atoms with Crippen molar-refractivity contribution in [1.29, 1.82) is 0 Å². The molecule has 3 aromatic carbocycles. The van der Waals surface area contributed by atoms with Crippen LogP contribution in [-0.4, -0.2) is 125 Å². The SMILES string of the molecule is CC(C)(C)OC(=O)N1CC[C@H]1[C@@H]1CO1.CC(C)(C)OC(=O)N1CC[C@H]1[C@H]1CO1.[C-]#[N+]c1cccc(CN2CC[C@H]2[C@H](O)CNC(C)(C)Cc2ccc3ccccc3c2)c1. The van der Waals surface area contributed by atoms with E-state index in [0.717, 1.165) is 70.6 Å². The lowest BCUT2D eigenvalue weighted by atomic mass is 9.91. The normalized spacial score (nSPS) is 24.0. The molecule has 0 saturated carbocycles. The molecule has 6 atom stereocenters. The standard InChI is InChI=1S/C27H31N3O.2C10H17NO3/c1-27(2,17-20-11-12-22-8-4-5-9-23(22)15-20)29-18-26(31)25-13-14-30(25)19-21-7-6-10-24(16-21)28-3;2*1-10(2,3)14-9(12)11-5-4-7(11)8-6-13-8/h4-12,15-16,25-26,29,31H,13-14,17-19H2,1-2H3;2*7-8H,4-6H2,1-3H3/t25-,26+;7-,8+;7-,8-/m000/s1. The van der Waals surface area contributed by atoms with E-state index in [2.05, 4.69) is 77.4 Å². The van der Waals surface area contributed by atoms with Crippen molar-refractivity contribution < 1.29 is 33.6 Å². The van der Waals surface area contributed by atoms with Crippen molar-refractivity contribution in [1.82, 2.24) is 20.0 Å². The van der Waals surface area contributed by atoms with Crippen LogP contribution in [0, 0.1) is 6.57 Å². The number of hydrogen-bond donors (Lipinski definition) is 2. The average Bonchev–Trinajstić information content (AvgIpc) is 4.05. The van der Waals surface area contributed by atoms with Crippen LogP contribution in [0.5, 0.6) is 0 Å². The lowest BCUT2D eigenvalue weighted by molar-refractivity contribution is -0.0211. The zero-order chi connectivity index (χ0) is 42.5. The van der Waals surface area contributed by atoms with Crippen LogP contribution in [0.3, 0.4) is 0 Å². The molecule has 0 aromatic heterocycles. The van der Waals surface area contributed by atoms with E-state index in [1.807, 2.05) is 59.7 Å². The molecule has 2 N–H and O–H groups in total. The van der Waals surface area contributed by atoms with Gasteiger partial charge in [0.15, 0.2) is 5.69 Å².